The third-order valence-electron chi connectivity index (χ3n) is 3.52. The number of aromatic nitrogens is 1. The fourth-order valence-corrected chi connectivity index (χ4v) is 2.62. The van der Waals surface area contributed by atoms with Gasteiger partial charge in [-0.3, -0.25) is 9.59 Å². The van der Waals surface area contributed by atoms with E-state index in [2.05, 4.69) is 4.98 Å². The molecule has 1 aliphatic heterocycles. The second kappa shape index (κ2) is 4.81. The molecule has 0 spiro atoms. The van der Waals surface area contributed by atoms with Gasteiger partial charge in [-0.05, 0) is 25.3 Å². The number of H-pyrrole nitrogens is 1. The van der Waals surface area contributed by atoms with Crippen LogP contribution in [0, 0.1) is 6.92 Å². The van der Waals surface area contributed by atoms with Gasteiger partial charge in [0.2, 0.25) is 0 Å². The highest BCUT2D eigenvalue weighted by Gasteiger charge is 2.33. The van der Waals surface area contributed by atoms with Crippen LogP contribution in [0.2, 0.25) is 0 Å². The molecule has 19 heavy (non-hydrogen) atoms. The van der Waals surface area contributed by atoms with Crippen LogP contribution in [0.4, 0.5) is 0 Å². The highest BCUT2D eigenvalue weighted by atomic mass is 16.3. The Morgan fingerprint density at radius 1 is 1.37 bits per heavy atom. The summed E-state index contributed by atoms with van der Waals surface area (Å²) < 4.78 is 0. The molecule has 0 bridgehead atoms. The summed E-state index contributed by atoms with van der Waals surface area (Å²) in [6.07, 6.45) is -0.421. The van der Waals surface area contributed by atoms with E-state index in [0.717, 1.165) is 11.3 Å². The quantitative estimate of drug-likeness (QED) is 0.812. The molecule has 1 aliphatic rings. The molecule has 0 atom stereocenters. The van der Waals surface area contributed by atoms with Crippen molar-refractivity contribution in [1.29, 1.82) is 0 Å². The Labute approximate surface area is 112 Å². The highest BCUT2D eigenvalue weighted by molar-refractivity contribution is 6.03. The van der Waals surface area contributed by atoms with Crippen LogP contribution in [0.3, 0.4) is 0 Å². The predicted octanol–water partition coefficient (Wildman–Crippen LogP) is 1.47. The molecule has 2 heterocycles. The summed E-state index contributed by atoms with van der Waals surface area (Å²) in [4.78, 5) is 28.7. The largest absolute Gasteiger partial charge is 0.389 e. The number of amides is 1. The number of nitrogens with zero attached hydrogens (tertiary/aromatic N) is 1. The molecule has 104 valence electrons. The third kappa shape index (κ3) is 2.30. The number of aliphatic hydroxyl groups is 1. The van der Waals surface area contributed by atoms with Crippen LogP contribution < -0.4 is 0 Å². The number of aryl methyl sites for hydroxylation is 1. The Bertz CT molecular complexity index is 525. The van der Waals surface area contributed by atoms with Crippen molar-refractivity contribution in [3.05, 3.63) is 22.5 Å². The molecule has 1 fully saturated rings. The Balaban J connectivity index is 2.43. The van der Waals surface area contributed by atoms with Gasteiger partial charge in [-0.1, -0.05) is 13.8 Å². The summed E-state index contributed by atoms with van der Waals surface area (Å²) in [6.45, 7) is 8.00. The lowest BCUT2D eigenvalue weighted by atomic mass is 9.94. The zero-order valence-corrected chi connectivity index (χ0v) is 11.8. The average Bonchev–Trinajstić information content (AvgIpc) is 2.61. The lowest BCUT2D eigenvalue weighted by molar-refractivity contribution is 0.00544. The Hall–Kier alpha value is -1.62. The number of aliphatic hydroxyl groups excluding tert-OH is 1. The van der Waals surface area contributed by atoms with E-state index in [9.17, 15) is 14.7 Å². The van der Waals surface area contributed by atoms with Crippen LogP contribution in [0.1, 0.15) is 58.8 Å². The van der Waals surface area contributed by atoms with E-state index in [1.165, 1.54) is 6.92 Å². The molecular weight excluding hydrogens is 244 g/mol. The van der Waals surface area contributed by atoms with E-state index in [1.54, 1.807) is 4.90 Å². The number of β-amino-alcohol motifs (C(OH)–C–C–N with tert-alkyl or cyclic N) is 1. The number of carbonyl (C=O) groups excluding carboxylic acids is 2. The second-order valence-corrected chi connectivity index (χ2v) is 5.49. The molecule has 0 saturated carbocycles. The first kappa shape index (κ1) is 13.8. The lowest BCUT2D eigenvalue weighted by Crippen LogP contribution is -2.53. The monoisotopic (exact) mass is 264 g/mol. The van der Waals surface area contributed by atoms with Gasteiger partial charge < -0.3 is 15.0 Å². The van der Waals surface area contributed by atoms with Crippen molar-refractivity contribution in [2.45, 2.75) is 39.7 Å². The average molecular weight is 264 g/mol. The molecule has 0 unspecified atom stereocenters. The molecule has 5 nitrogen and oxygen atoms in total. The highest BCUT2D eigenvalue weighted by Crippen LogP contribution is 2.29. The number of hydrogen-bond acceptors (Lipinski definition) is 3. The minimum atomic E-state index is -0.421. The van der Waals surface area contributed by atoms with Gasteiger partial charge in [-0.15, -0.1) is 0 Å². The maximum absolute atomic E-state index is 12.4. The second-order valence-electron chi connectivity index (χ2n) is 5.49. The molecule has 1 amide bonds. The molecule has 1 aromatic rings. The Morgan fingerprint density at radius 3 is 2.37 bits per heavy atom. The predicted molar refractivity (Wildman–Crippen MR) is 71.5 cm³/mol. The molecule has 0 aromatic carbocycles. The van der Waals surface area contributed by atoms with Crippen molar-refractivity contribution in [2.24, 2.45) is 0 Å². The Morgan fingerprint density at radius 2 is 1.95 bits per heavy atom. The summed E-state index contributed by atoms with van der Waals surface area (Å²) >= 11 is 0. The first-order chi connectivity index (χ1) is 8.82. The number of hydrogen-bond donors (Lipinski definition) is 2. The fraction of sp³-hybridized carbons (Fsp3) is 0.571. The van der Waals surface area contributed by atoms with Gasteiger partial charge in [0.25, 0.3) is 5.91 Å². The van der Waals surface area contributed by atoms with Gasteiger partial charge in [0.05, 0.1) is 6.10 Å². The maximum Gasteiger partial charge on any atom is 0.270 e. The summed E-state index contributed by atoms with van der Waals surface area (Å²) in [5.41, 5.74) is 2.64. The molecule has 2 rings (SSSR count). The van der Waals surface area contributed by atoms with Crippen molar-refractivity contribution < 1.29 is 14.7 Å². The molecule has 1 aromatic heterocycles. The van der Waals surface area contributed by atoms with Crippen LogP contribution in [0.5, 0.6) is 0 Å². The molecular formula is C14H20N2O3. The number of carbonyl (C=O) groups is 2. The van der Waals surface area contributed by atoms with Crippen LogP contribution in [-0.4, -0.2) is 45.9 Å². The Kier molecular flexibility index (Phi) is 3.49. The number of nitrogens with one attached hydrogen (secondary N) is 1. The summed E-state index contributed by atoms with van der Waals surface area (Å²) in [5.74, 6) is -0.0706. The van der Waals surface area contributed by atoms with Crippen LogP contribution in [0.25, 0.3) is 0 Å². The van der Waals surface area contributed by atoms with Gasteiger partial charge in [0, 0.05) is 24.3 Å². The van der Waals surface area contributed by atoms with E-state index in [-0.39, 0.29) is 17.6 Å². The summed E-state index contributed by atoms with van der Waals surface area (Å²) in [6, 6.07) is 0. The smallest absolute Gasteiger partial charge is 0.270 e. The minimum Gasteiger partial charge on any atom is -0.389 e. The van der Waals surface area contributed by atoms with Gasteiger partial charge in [-0.2, -0.15) is 0 Å². The van der Waals surface area contributed by atoms with E-state index >= 15 is 0 Å². The number of Topliss-reactive ketones (excluding diaryl/α,β-unsaturated/α-hetero) is 1. The standard InChI is InChI=1S/C14H20N2O3/c1-7(2)11-12(9(4)17)8(3)15-13(11)14(19)16-5-10(18)6-16/h7,10,15,18H,5-6H2,1-4H3. The van der Waals surface area contributed by atoms with Crippen molar-refractivity contribution in [2.75, 3.05) is 13.1 Å². The van der Waals surface area contributed by atoms with Crippen LogP contribution in [0.15, 0.2) is 0 Å². The summed E-state index contributed by atoms with van der Waals surface area (Å²) in [5, 5.41) is 9.28. The molecule has 2 N–H and O–H groups in total. The topological polar surface area (TPSA) is 73.4 Å². The van der Waals surface area contributed by atoms with E-state index < -0.39 is 6.10 Å². The number of rotatable bonds is 3. The number of ketones is 1. The zero-order valence-electron chi connectivity index (χ0n) is 11.8. The molecule has 5 heteroatoms. The molecule has 0 aliphatic carbocycles. The summed E-state index contributed by atoms with van der Waals surface area (Å²) in [7, 11) is 0. The number of aromatic amines is 1. The normalized spacial score (nSPS) is 15.8. The maximum atomic E-state index is 12.4. The first-order valence-corrected chi connectivity index (χ1v) is 6.53. The van der Waals surface area contributed by atoms with Crippen molar-refractivity contribution in [3.8, 4) is 0 Å². The molecule has 1 saturated heterocycles. The zero-order chi connectivity index (χ0) is 14.3. The van der Waals surface area contributed by atoms with Gasteiger partial charge in [-0.25, -0.2) is 0 Å². The first-order valence-electron chi connectivity index (χ1n) is 6.53. The van der Waals surface area contributed by atoms with E-state index in [1.807, 2.05) is 20.8 Å². The third-order valence-corrected chi connectivity index (χ3v) is 3.52. The minimum absolute atomic E-state index is 0.0276. The van der Waals surface area contributed by atoms with E-state index in [4.69, 9.17) is 0 Å². The van der Waals surface area contributed by atoms with Gasteiger partial charge in [0.1, 0.15) is 5.69 Å². The van der Waals surface area contributed by atoms with Crippen LogP contribution >= 0.6 is 0 Å². The van der Waals surface area contributed by atoms with Gasteiger partial charge in [0.15, 0.2) is 5.78 Å². The van der Waals surface area contributed by atoms with E-state index in [0.29, 0.717) is 24.3 Å². The van der Waals surface area contributed by atoms with Crippen LogP contribution in [-0.2, 0) is 0 Å². The van der Waals surface area contributed by atoms with Crippen molar-refractivity contribution in [3.63, 3.8) is 0 Å². The lowest BCUT2D eigenvalue weighted by Gasteiger charge is -2.35. The SMILES string of the molecule is CC(=O)c1c(C)[nH]c(C(=O)N2CC(O)C2)c1C(C)C. The molecule has 0 radical (unpaired) electrons. The van der Waals surface area contributed by atoms with Crippen molar-refractivity contribution in [1.82, 2.24) is 9.88 Å². The fourth-order valence-electron chi connectivity index (χ4n) is 2.62. The van der Waals surface area contributed by atoms with Crippen molar-refractivity contribution >= 4 is 11.7 Å². The van der Waals surface area contributed by atoms with Gasteiger partial charge >= 0.3 is 0 Å². The number of likely N-dealkylation sites (tertiary alicyclic amines) is 1.